The summed E-state index contributed by atoms with van der Waals surface area (Å²) in [4.78, 5) is 37.1. The summed E-state index contributed by atoms with van der Waals surface area (Å²) in [7, 11) is 0. The first kappa shape index (κ1) is 21.3. The molecule has 0 fully saturated rings. The van der Waals surface area contributed by atoms with E-state index in [4.69, 9.17) is 0 Å². The van der Waals surface area contributed by atoms with Gasteiger partial charge in [0.2, 0.25) is 5.91 Å². The van der Waals surface area contributed by atoms with Gasteiger partial charge in [-0.2, -0.15) is 0 Å². The maximum atomic E-state index is 12.5. The number of nitrogens with one attached hydrogen (secondary N) is 2. The molecular weight excluding hydrogens is 378 g/mol. The number of carbonyl (C=O) groups is 2. The van der Waals surface area contributed by atoms with Crippen LogP contribution in [0.15, 0.2) is 55.1 Å². The van der Waals surface area contributed by atoms with Gasteiger partial charge in [0.05, 0.1) is 17.9 Å². The lowest BCUT2D eigenvalue weighted by Gasteiger charge is -2.12. The molecule has 30 heavy (non-hydrogen) atoms. The van der Waals surface area contributed by atoms with Crippen molar-refractivity contribution >= 4 is 17.4 Å². The van der Waals surface area contributed by atoms with E-state index < -0.39 is 0 Å². The summed E-state index contributed by atoms with van der Waals surface area (Å²) in [6.07, 6.45) is 6.03. The molecule has 3 aromatic rings. The summed E-state index contributed by atoms with van der Waals surface area (Å²) in [5, 5.41) is 5.87. The number of ketones is 1. The summed E-state index contributed by atoms with van der Waals surface area (Å²) >= 11 is 0. The monoisotopic (exact) mass is 403 g/mol. The fourth-order valence-corrected chi connectivity index (χ4v) is 3.00. The van der Waals surface area contributed by atoms with Gasteiger partial charge in [-0.1, -0.05) is 38.1 Å². The zero-order valence-electron chi connectivity index (χ0n) is 17.2. The van der Waals surface area contributed by atoms with Crippen LogP contribution in [0.25, 0.3) is 11.1 Å². The van der Waals surface area contributed by atoms with Crippen molar-refractivity contribution in [3.63, 3.8) is 0 Å². The van der Waals surface area contributed by atoms with Gasteiger partial charge in [0.1, 0.15) is 12.0 Å². The smallest absolute Gasteiger partial charge is 0.238 e. The zero-order valence-corrected chi connectivity index (χ0v) is 17.2. The number of benzene rings is 1. The third kappa shape index (κ3) is 5.55. The highest BCUT2D eigenvalue weighted by molar-refractivity contribution is 6.04. The Labute approximate surface area is 176 Å². The van der Waals surface area contributed by atoms with Crippen molar-refractivity contribution < 1.29 is 9.59 Å². The maximum Gasteiger partial charge on any atom is 0.238 e. The second-order valence-corrected chi connectivity index (χ2v) is 6.80. The minimum Gasteiger partial charge on any atom is -0.323 e. The second-order valence-electron chi connectivity index (χ2n) is 6.80. The normalized spacial score (nSPS) is 10.6. The van der Waals surface area contributed by atoms with Crippen molar-refractivity contribution in [2.24, 2.45) is 0 Å². The van der Waals surface area contributed by atoms with Crippen molar-refractivity contribution in [1.29, 1.82) is 0 Å². The minimum absolute atomic E-state index is 0.0826. The lowest BCUT2D eigenvalue weighted by Crippen LogP contribution is -2.28. The van der Waals surface area contributed by atoms with Crippen molar-refractivity contribution in [3.8, 4) is 11.1 Å². The number of carbonyl (C=O) groups excluding carboxylic acids is 2. The Balaban J connectivity index is 1.76. The number of pyridine rings is 1. The van der Waals surface area contributed by atoms with Gasteiger partial charge >= 0.3 is 0 Å². The predicted octanol–water partition coefficient (Wildman–Crippen LogP) is 3.42. The topological polar surface area (TPSA) is 96.9 Å². The molecule has 0 unspecified atom stereocenters. The van der Waals surface area contributed by atoms with Crippen LogP contribution in [-0.4, -0.2) is 33.2 Å². The Morgan fingerprint density at radius 3 is 2.63 bits per heavy atom. The molecule has 1 amide bonds. The number of hydrogen-bond acceptors (Lipinski definition) is 6. The molecule has 0 aliphatic rings. The first-order valence-corrected chi connectivity index (χ1v) is 9.98. The largest absolute Gasteiger partial charge is 0.323 e. The van der Waals surface area contributed by atoms with Gasteiger partial charge in [0.15, 0.2) is 5.78 Å². The number of nitrogens with zero attached hydrogens (tertiary/aromatic N) is 3. The molecule has 3 rings (SSSR count). The second kappa shape index (κ2) is 10.4. The van der Waals surface area contributed by atoms with E-state index in [0.29, 0.717) is 18.7 Å². The van der Waals surface area contributed by atoms with E-state index in [2.05, 4.69) is 44.6 Å². The first-order valence-electron chi connectivity index (χ1n) is 9.98. The number of amides is 1. The molecule has 0 saturated heterocycles. The van der Waals surface area contributed by atoms with Crippen molar-refractivity contribution in [3.05, 3.63) is 72.1 Å². The predicted molar refractivity (Wildman–Crippen MR) is 116 cm³/mol. The molecule has 0 aliphatic carbocycles. The molecule has 0 bridgehead atoms. The highest BCUT2D eigenvalue weighted by Crippen LogP contribution is 2.26. The van der Waals surface area contributed by atoms with Gasteiger partial charge in [0.25, 0.3) is 0 Å². The number of anilines is 1. The average molecular weight is 403 g/mol. The molecule has 0 saturated carbocycles. The minimum atomic E-state index is -0.254. The first-order chi connectivity index (χ1) is 14.6. The van der Waals surface area contributed by atoms with Crippen LogP contribution in [0.4, 0.5) is 5.69 Å². The zero-order chi connectivity index (χ0) is 21.3. The number of rotatable bonds is 9. The average Bonchev–Trinajstić information content (AvgIpc) is 2.79. The van der Waals surface area contributed by atoms with Crippen molar-refractivity contribution in [2.45, 2.75) is 33.2 Å². The third-order valence-electron chi connectivity index (χ3n) is 4.65. The Morgan fingerprint density at radius 1 is 1.03 bits per heavy atom. The highest BCUT2D eigenvalue weighted by Gasteiger charge is 2.15. The summed E-state index contributed by atoms with van der Waals surface area (Å²) in [6, 6.07) is 11.7. The molecule has 0 atom stereocenters. The van der Waals surface area contributed by atoms with E-state index in [1.165, 1.54) is 11.9 Å². The summed E-state index contributed by atoms with van der Waals surface area (Å²) < 4.78 is 0. The standard InChI is InChI=1S/C23H25N5O2/c1-3-16-6-5-7-17(10-16)18-11-20(23(26-12-18)21(29)4-2)28-22(30)14-25-13-19-8-9-24-15-27-19/h5-12,15,25H,3-4,13-14H2,1-2H3,(H,28,30). The van der Waals surface area contributed by atoms with Gasteiger partial charge < -0.3 is 10.6 Å². The van der Waals surface area contributed by atoms with Crippen LogP contribution in [0, 0.1) is 0 Å². The maximum absolute atomic E-state index is 12.5. The van der Waals surface area contributed by atoms with E-state index >= 15 is 0 Å². The molecule has 154 valence electrons. The van der Waals surface area contributed by atoms with E-state index in [1.807, 2.05) is 18.2 Å². The molecule has 1 aromatic carbocycles. The molecule has 0 aliphatic heterocycles. The fraction of sp³-hybridized carbons (Fsp3) is 0.261. The van der Waals surface area contributed by atoms with Gasteiger partial charge in [-0.05, 0) is 29.7 Å². The number of aromatic nitrogens is 3. The van der Waals surface area contributed by atoms with E-state index in [0.717, 1.165) is 23.2 Å². The van der Waals surface area contributed by atoms with Gasteiger partial charge in [-0.25, -0.2) is 9.97 Å². The SMILES string of the molecule is CCC(=O)c1ncc(-c2cccc(CC)c2)cc1NC(=O)CNCc1ccncn1. The van der Waals surface area contributed by atoms with E-state index in [1.54, 1.807) is 25.4 Å². The van der Waals surface area contributed by atoms with Crippen LogP contribution >= 0.6 is 0 Å². The number of hydrogen-bond donors (Lipinski definition) is 2. The van der Waals surface area contributed by atoms with Crippen LogP contribution in [0.3, 0.4) is 0 Å². The fourth-order valence-electron chi connectivity index (χ4n) is 3.00. The van der Waals surface area contributed by atoms with Gasteiger partial charge in [-0.15, -0.1) is 0 Å². The molecule has 2 heterocycles. The Morgan fingerprint density at radius 2 is 1.90 bits per heavy atom. The molecule has 2 N–H and O–H groups in total. The van der Waals surface area contributed by atoms with Crippen LogP contribution in [0.2, 0.25) is 0 Å². The third-order valence-corrected chi connectivity index (χ3v) is 4.65. The highest BCUT2D eigenvalue weighted by atomic mass is 16.2. The summed E-state index contributed by atoms with van der Waals surface area (Å²) in [5.41, 5.74) is 4.55. The number of aryl methyl sites for hydroxylation is 1. The van der Waals surface area contributed by atoms with Gasteiger partial charge in [0, 0.05) is 30.9 Å². The molecule has 7 heteroatoms. The lowest BCUT2D eigenvalue weighted by molar-refractivity contribution is -0.115. The van der Waals surface area contributed by atoms with E-state index in [9.17, 15) is 9.59 Å². The lowest BCUT2D eigenvalue weighted by atomic mass is 10.0. The van der Waals surface area contributed by atoms with Crippen LogP contribution in [-0.2, 0) is 17.8 Å². The summed E-state index contributed by atoms with van der Waals surface area (Å²) in [6.45, 7) is 4.40. The molecule has 7 nitrogen and oxygen atoms in total. The van der Waals surface area contributed by atoms with Crippen molar-refractivity contribution in [1.82, 2.24) is 20.3 Å². The van der Waals surface area contributed by atoms with E-state index in [-0.39, 0.29) is 23.9 Å². The quantitative estimate of drug-likeness (QED) is 0.532. The molecular formula is C23H25N5O2. The summed E-state index contributed by atoms with van der Waals surface area (Å²) in [5.74, 6) is -0.372. The Hall–Kier alpha value is -3.45. The van der Waals surface area contributed by atoms with Crippen LogP contribution in [0.1, 0.15) is 42.0 Å². The van der Waals surface area contributed by atoms with Gasteiger partial charge in [-0.3, -0.25) is 14.6 Å². The molecule has 0 spiro atoms. The van der Waals surface area contributed by atoms with Crippen LogP contribution in [0.5, 0.6) is 0 Å². The Bertz CT molecular complexity index is 1020. The molecule has 2 aromatic heterocycles. The van der Waals surface area contributed by atoms with Crippen LogP contribution < -0.4 is 10.6 Å². The molecule has 0 radical (unpaired) electrons. The Kier molecular flexibility index (Phi) is 7.34. The van der Waals surface area contributed by atoms with Crippen molar-refractivity contribution in [2.75, 3.05) is 11.9 Å². The number of Topliss-reactive ketones (excluding diaryl/α,β-unsaturated/α-hetero) is 1.